The van der Waals surface area contributed by atoms with Crippen LogP contribution in [0.15, 0.2) is 6.07 Å². The smallest absolute Gasteiger partial charge is 0.214 e. The van der Waals surface area contributed by atoms with E-state index >= 15 is 0 Å². The highest BCUT2D eigenvalue weighted by Crippen LogP contribution is 2.19. The topological polar surface area (TPSA) is 53.1 Å². The molecule has 0 bridgehead atoms. The molecule has 0 aliphatic heterocycles. The van der Waals surface area contributed by atoms with Gasteiger partial charge in [-0.1, -0.05) is 6.92 Å². The Morgan fingerprint density at radius 3 is 2.85 bits per heavy atom. The van der Waals surface area contributed by atoms with Crippen molar-refractivity contribution in [2.45, 2.75) is 33.2 Å². The molecule has 4 heteroatoms. The summed E-state index contributed by atoms with van der Waals surface area (Å²) in [6.07, 6.45) is 0.989. The van der Waals surface area contributed by atoms with Crippen LogP contribution in [-0.4, -0.2) is 16.4 Å². The molecule has 0 atom stereocenters. The summed E-state index contributed by atoms with van der Waals surface area (Å²) in [5, 5.41) is 4.13. The molecule has 13 heavy (non-hydrogen) atoms. The third kappa shape index (κ3) is 2.37. The van der Waals surface area contributed by atoms with E-state index in [0.717, 1.165) is 12.3 Å². The summed E-state index contributed by atoms with van der Waals surface area (Å²) in [5.41, 5.74) is 5.58. The number of hydrogen-bond donors (Lipinski definition) is 1. The van der Waals surface area contributed by atoms with E-state index in [1.165, 1.54) is 0 Å². The molecule has 4 nitrogen and oxygen atoms in total. The second-order valence-corrected chi connectivity index (χ2v) is 3.29. The third-order valence-electron chi connectivity index (χ3n) is 1.66. The van der Waals surface area contributed by atoms with E-state index in [1.807, 2.05) is 13.8 Å². The lowest BCUT2D eigenvalue weighted by Gasteiger charge is -2.10. The zero-order valence-electron chi connectivity index (χ0n) is 8.45. The van der Waals surface area contributed by atoms with Gasteiger partial charge in [0.2, 0.25) is 5.88 Å². The number of nitrogens with two attached hydrogens (primary N) is 1. The first-order chi connectivity index (χ1) is 6.15. The maximum absolute atomic E-state index is 5.58. The van der Waals surface area contributed by atoms with Gasteiger partial charge in [0.05, 0.1) is 12.6 Å². The number of anilines is 1. The highest BCUT2D eigenvalue weighted by molar-refractivity contribution is 5.33. The summed E-state index contributed by atoms with van der Waals surface area (Å²) in [4.78, 5) is 0. The van der Waals surface area contributed by atoms with E-state index < -0.39 is 0 Å². The molecule has 0 radical (unpaired) electrons. The van der Waals surface area contributed by atoms with Crippen LogP contribution in [0.1, 0.15) is 33.2 Å². The van der Waals surface area contributed by atoms with Crippen molar-refractivity contribution in [1.29, 1.82) is 0 Å². The fraction of sp³-hybridized carbons (Fsp3) is 0.667. The van der Waals surface area contributed by atoms with Gasteiger partial charge in [-0.3, -0.25) is 0 Å². The summed E-state index contributed by atoms with van der Waals surface area (Å²) in [6, 6.07) is 2.04. The number of rotatable bonds is 4. The van der Waals surface area contributed by atoms with Crippen LogP contribution in [0.25, 0.3) is 0 Å². The first-order valence-electron chi connectivity index (χ1n) is 4.63. The molecular weight excluding hydrogens is 166 g/mol. The number of nitrogen functional groups attached to an aromatic ring is 1. The van der Waals surface area contributed by atoms with E-state index in [0.29, 0.717) is 12.4 Å². The van der Waals surface area contributed by atoms with Gasteiger partial charge in [-0.25, -0.2) is 4.68 Å². The van der Waals surface area contributed by atoms with Crippen molar-refractivity contribution in [3.05, 3.63) is 6.07 Å². The van der Waals surface area contributed by atoms with Gasteiger partial charge < -0.3 is 10.5 Å². The largest absolute Gasteiger partial charge is 0.478 e. The first-order valence-corrected chi connectivity index (χ1v) is 4.63. The monoisotopic (exact) mass is 183 g/mol. The quantitative estimate of drug-likeness (QED) is 0.774. The predicted molar refractivity (Wildman–Crippen MR) is 52.8 cm³/mol. The zero-order valence-corrected chi connectivity index (χ0v) is 8.45. The lowest BCUT2D eigenvalue weighted by Crippen LogP contribution is -2.07. The van der Waals surface area contributed by atoms with Crippen molar-refractivity contribution in [1.82, 2.24) is 9.78 Å². The Kier molecular flexibility index (Phi) is 3.17. The minimum Gasteiger partial charge on any atom is -0.478 e. The number of ether oxygens (including phenoxy) is 1. The van der Waals surface area contributed by atoms with Crippen LogP contribution in [0.4, 0.5) is 5.82 Å². The summed E-state index contributed by atoms with van der Waals surface area (Å²) in [7, 11) is 0. The van der Waals surface area contributed by atoms with Crippen LogP contribution in [0.2, 0.25) is 0 Å². The summed E-state index contributed by atoms with van der Waals surface area (Å²) < 4.78 is 7.29. The van der Waals surface area contributed by atoms with Crippen molar-refractivity contribution >= 4 is 5.82 Å². The fourth-order valence-electron chi connectivity index (χ4n) is 1.08. The van der Waals surface area contributed by atoms with Crippen molar-refractivity contribution in [3.63, 3.8) is 0 Å². The number of hydrogen-bond acceptors (Lipinski definition) is 3. The molecule has 0 aliphatic carbocycles. The molecule has 0 amide bonds. The molecular formula is C9H17N3O. The standard InChI is InChI=1S/C9H17N3O/c1-4-5-13-9-6-8(10)11-12(9)7(2)3/h6-7H,4-5H2,1-3H3,(H2,10,11). The fourth-order valence-corrected chi connectivity index (χ4v) is 1.08. The molecule has 74 valence electrons. The van der Waals surface area contributed by atoms with E-state index in [4.69, 9.17) is 10.5 Å². The maximum Gasteiger partial charge on any atom is 0.214 e. The molecule has 1 rings (SSSR count). The van der Waals surface area contributed by atoms with E-state index in [1.54, 1.807) is 10.7 Å². The van der Waals surface area contributed by atoms with Crippen LogP contribution in [-0.2, 0) is 0 Å². The minimum atomic E-state index is 0.282. The lowest BCUT2D eigenvalue weighted by atomic mass is 10.4. The van der Waals surface area contributed by atoms with E-state index in [-0.39, 0.29) is 6.04 Å². The molecule has 0 aliphatic rings. The average molecular weight is 183 g/mol. The highest BCUT2D eigenvalue weighted by atomic mass is 16.5. The molecule has 1 aromatic heterocycles. The Morgan fingerprint density at radius 1 is 1.62 bits per heavy atom. The molecule has 0 aromatic carbocycles. The minimum absolute atomic E-state index is 0.282. The van der Waals surface area contributed by atoms with Gasteiger partial charge in [-0.2, -0.15) is 5.10 Å². The second kappa shape index (κ2) is 4.16. The lowest BCUT2D eigenvalue weighted by molar-refractivity contribution is 0.275. The maximum atomic E-state index is 5.58. The highest BCUT2D eigenvalue weighted by Gasteiger charge is 2.09. The number of aromatic nitrogens is 2. The van der Waals surface area contributed by atoms with Gasteiger partial charge in [0, 0.05) is 6.07 Å². The normalized spacial score (nSPS) is 10.8. The predicted octanol–water partition coefficient (Wildman–Crippen LogP) is 1.83. The Morgan fingerprint density at radius 2 is 2.31 bits per heavy atom. The molecule has 0 fully saturated rings. The van der Waals surface area contributed by atoms with Crippen molar-refractivity contribution < 1.29 is 4.74 Å². The SMILES string of the molecule is CCCOc1cc(N)nn1C(C)C. The summed E-state index contributed by atoms with van der Waals surface area (Å²) in [5.74, 6) is 1.27. The van der Waals surface area contributed by atoms with Crippen molar-refractivity contribution in [3.8, 4) is 5.88 Å². The van der Waals surface area contributed by atoms with Crippen LogP contribution in [0.5, 0.6) is 5.88 Å². The Bertz CT molecular complexity index is 268. The zero-order chi connectivity index (χ0) is 9.84. The number of nitrogens with zero attached hydrogens (tertiary/aromatic N) is 2. The summed E-state index contributed by atoms with van der Waals surface area (Å²) in [6.45, 7) is 6.87. The van der Waals surface area contributed by atoms with Crippen LogP contribution in [0, 0.1) is 0 Å². The molecule has 0 saturated carbocycles. The average Bonchev–Trinajstić information content (AvgIpc) is 2.43. The van der Waals surface area contributed by atoms with Crippen molar-refractivity contribution in [2.24, 2.45) is 0 Å². The van der Waals surface area contributed by atoms with Crippen LogP contribution >= 0.6 is 0 Å². The van der Waals surface area contributed by atoms with Gasteiger partial charge in [-0.05, 0) is 20.3 Å². The Labute approximate surface area is 78.7 Å². The Hall–Kier alpha value is -1.19. The van der Waals surface area contributed by atoms with Gasteiger partial charge in [0.25, 0.3) is 0 Å². The molecule has 2 N–H and O–H groups in total. The van der Waals surface area contributed by atoms with E-state index in [2.05, 4.69) is 12.0 Å². The first kappa shape index (κ1) is 9.89. The van der Waals surface area contributed by atoms with Gasteiger partial charge in [0.1, 0.15) is 5.82 Å². The third-order valence-corrected chi connectivity index (χ3v) is 1.66. The molecule has 0 saturated heterocycles. The summed E-state index contributed by atoms with van der Waals surface area (Å²) >= 11 is 0. The molecule has 1 heterocycles. The molecule has 0 spiro atoms. The Balaban J connectivity index is 2.78. The van der Waals surface area contributed by atoms with Gasteiger partial charge >= 0.3 is 0 Å². The molecule has 0 unspecified atom stereocenters. The van der Waals surface area contributed by atoms with Gasteiger partial charge in [-0.15, -0.1) is 0 Å². The molecule has 1 aromatic rings. The van der Waals surface area contributed by atoms with Gasteiger partial charge in [0.15, 0.2) is 0 Å². The van der Waals surface area contributed by atoms with Crippen LogP contribution < -0.4 is 10.5 Å². The van der Waals surface area contributed by atoms with Crippen LogP contribution in [0.3, 0.4) is 0 Å². The second-order valence-electron chi connectivity index (χ2n) is 3.29. The van der Waals surface area contributed by atoms with Crippen molar-refractivity contribution in [2.75, 3.05) is 12.3 Å². The van der Waals surface area contributed by atoms with E-state index in [9.17, 15) is 0 Å².